The summed E-state index contributed by atoms with van der Waals surface area (Å²) in [5.41, 5.74) is 4.99. The lowest BCUT2D eigenvalue weighted by atomic mass is 9.88. The molecule has 3 nitrogen and oxygen atoms in total. The van der Waals surface area contributed by atoms with Crippen LogP contribution in [0.1, 0.15) is 66.2 Å². The summed E-state index contributed by atoms with van der Waals surface area (Å²) in [6.45, 7) is 12.6. The third kappa shape index (κ3) is 6.98. The highest BCUT2D eigenvalue weighted by atomic mass is 15.1. The normalized spacial score (nSPS) is 15.5. The van der Waals surface area contributed by atoms with Crippen LogP contribution in [0.3, 0.4) is 0 Å². The highest BCUT2D eigenvalue weighted by molar-refractivity contribution is 5.98. The third-order valence-electron chi connectivity index (χ3n) is 5.93. The van der Waals surface area contributed by atoms with Crippen molar-refractivity contribution < 1.29 is 0 Å². The zero-order chi connectivity index (χ0) is 21.8. The number of anilines is 1. The highest BCUT2D eigenvalue weighted by Gasteiger charge is 2.13. The number of hydrogen-bond donors (Lipinski definition) is 2. The van der Waals surface area contributed by atoms with Crippen molar-refractivity contribution in [3.05, 3.63) is 53.6 Å². The molecule has 3 rings (SSSR count). The molecule has 1 saturated carbocycles. The maximum Gasteiger partial charge on any atom is 0.0372 e. The first-order valence-corrected chi connectivity index (χ1v) is 11.9. The molecule has 2 aromatic carbocycles. The molecule has 0 aromatic heterocycles. The fourth-order valence-corrected chi connectivity index (χ4v) is 4.19. The Bertz CT molecular complexity index is 822. The minimum atomic E-state index is 0.894. The van der Waals surface area contributed by atoms with E-state index in [2.05, 4.69) is 66.5 Å². The summed E-state index contributed by atoms with van der Waals surface area (Å²) in [4.78, 5) is 2.44. The van der Waals surface area contributed by atoms with E-state index in [0.29, 0.717) is 0 Å². The lowest BCUT2D eigenvalue weighted by Crippen LogP contribution is -2.32. The van der Waals surface area contributed by atoms with Gasteiger partial charge in [-0.1, -0.05) is 49.8 Å². The number of benzene rings is 2. The standard InChI is InChI=1S/C25H35N3.C2H6/c1-3-28(23-15-14-21-10-4-5-11-22(21)19-23)18-17-27-16-8-9-20(2)24-12-6-7-13-25(24)26;1-2/h4-5,10-11,14-15,19,26-27H,3,6-9,12-13,16-18H2,1-2H3;1-2H3/b24-20+,26-25?;. The molecule has 3 heteroatoms. The first-order chi connectivity index (χ1) is 14.7. The van der Waals surface area contributed by atoms with E-state index in [1.54, 1.807) is 0 Å². The average molecular weight is 408 g/mol. The van der Waals surface area contributed by atoms with Gasteiger partial charge >= 0.3 is 0 Å². The molecule has 30 heavy (non-hydrogen) atoms. The number of hydrogen-bond acceptors (Lipinski definition) is 3. The summed E-state index contributed by atoms with van der Waals surface area (Å²) in [5.74, 6) is 0. The smallest absolute Gasteiger partial charge is 0.0372 e. The third-order valence-corrected chi connectivity index (χ3v) is 5.93. The number of nitrogens with one attached hydrogen (secondary N) is 2. The fraction of sp³-hybridized carbons (Fsp3) is 0.519. The van der Waals surface area contributed by atoms with Crippen LogP contribution in [0.2, 0.25) is 0 Å². The van der Waals surface area contributed by atoms with Crippen LogP contribution < -0.4 is 10.2 Å². The van der Waals surface area contributed by atoms with Crippen molar-refractivity contribution in [2.24, 2.45) is 0 Å². The summed E-state index contributed by atoms with van der Waals surface area (Å²) >= 11 is 0. The molecule has 0 radical (unpaired) electrons. The minimum absolute atomic E-state index is 0.894. The van der Waals surface area contributed by atoms with Gasteiger partial charge in [-0.2, -0.15) is 0 Å². The minimum Gasteiger partial charge on any atom is -0.371 e. The van der Waals surface area contributed by atoms with Gasteiger partial charge in [-0.05, 0) is 87.4 Å². The summed E-state index contributed by atoms with van der Waals surface area (Å²) in [6, 6.07) is 15.3. The molecule has 0 spiro atoms. The van der Waals surface area contributed by atoms with Crippen LogP contribution in [-0.2, 0) is 0 Å². The molecule has 0 unspecified atom stereocenters. The van der Waals surface area contributed by atoms with Crippen molar-refractivity contribution in [1.29, 1.82) is 5.41 Å². The molecule has 164 valence electrons. The van der Waals surface area contributed by atoms with Gasteiger partial charge in [-0.3, -0.25) is 0 Å². The van der Waals surface area contributed by atoms with Crippen molar-refractivity contribution in [3.63, 3.8) is 0 Å². The summed E-state index contributed by atoms with van der Waals surface area (Å²) in [5, 5.41) is 14.4. The summed E-state index contributed by atoms with van der Waals surface area (Å²) < 4.78 is 0. The Morgan fingerprint density at radius 2 is 1.73 bits per heavy atom. The van der Waals surface area contributed by atoms with Crippen LogP contribution in [-0.4, -0.2) is 31.9 Å². The monoisotopic (exact) mass is 407 g/mol. The van der Waals surface area contributed by atoms with Crippen LogP contribution in [0.15, 0.2) is 53.6 Å². The predicted octanol–water partition coefficient (Wildman–Crippen LogP) is 6.97. The van der Waals surface area contributed by atoms with Crippen molar-refractivity contribution >= 4 is 22.2 Å². The van der Waals surface area contributed by atoms with E-state index in [-0.39, 0.29) is 0 Å². The van der Waals surface area contributed by atoms with Crippen molar-refractivity contribution in [1.82, 2.24) is 5.32 Å². The molecule has 2 aromatic rings. The molecule has 2 N–H and O–H groups in total. The van der Waals surface area contributed by atoms with Crippen LogP contribution >= 0.6 is 0 Å². The molecular formula is C27H41N3. The number of allylic oxidation sites excluding steroid dienone is 2. The van der Waals surface area contributed by atoms with E-state index < -0.39 is 0 Å². The van der Waals surface area contributed by atoms with Gasteiger partial charge in [0.05, 0.1) is 0 Å². The van der Waals surface area contributed by atoms with Gasteiger partial charge in [0.25, 0.3) is 0 Å². The van der Waals surface area contributed by atoms with Crippen LogP contribution in [0.25, 0.3) is 10.8 Å². The Morgan fingerprint density at radius 3 is 2.47 bits per heavy atom. The SMILES string of the molecule is CC.CCN(CCNCCC/C(C)=C1\CCCCC1=N)c1ccc2ccccc2c1. The molecule has 0 aliphatic heterocycles. The molecule has 0 atom stereocenters. The zero-order valence-corrected chi connectivity index (χ0v) is 19.6. The quantitative estimate of drug-likeness (QED) is 0.440. The van der Waals surface area contributed by atoms with Gasteiger partial charge < -0.3 is 15.6 Å². The first kappa shape index (κ1) is 24.1. The highest BCUT2D eigenvalue weighted by Crippen LogP contribution is 2.25. The Kier molecular flexibility index (Phi) is 10.6. The first-order valence-electron chi connectivity index (χ1n) is 11.9. The van der Waals surface area contributed by atoms with E-state index in [9.17, 15) is 0 Å². The molecule has 0 bridgehead atoms. The zero-order valence-electron chi connectivity index (χ0n) is 19.6. The number of fused-ring (bicyclic) bond motifs is 1. The lowest BCUT2D eigenvalue weighted by molar-refractivity contribution is 0.631. The van der Waals surface area contributed by atoms with Gasteiger partial charge in [0, 0.05) is 31.0 Å². The lowest BCUT2D eigenvalue weighted by Gasteiger charge is -2.24. The number of rotatable bonds is 9. The predicted molar refractivity (Wildman–Crippen MR) is 134 cm³/mol. The molecular weight excluding hydrogens is 366 g/mol. The second-order valence-corrected chi connectivity index (χ2v) is 7.91. The molecule has 0 amide bonds. The number of likely N-dealkylation sites (N-methyl/N-ethyl adjacent to an activating group) is 1. The van der Waals surface area contributed by atoms with Crippen molar-refractivity contribution in [2.75, 3.05) is 31.1 Å². The number of nitrogens with zero attached hydrogens (tertiary/aromatic N) is 1. The van der Waals surface area contributed by atoms with Crippen LogP contribution in [0.5, 0.6) is 0 Å². The maximum atomic E-state index is 8.14. The van der Waals surface area contributed by atoms with Crippen molar-refractivity contribution in [2.45, 2.75) is 66.2 Å². The van der Waals surface area contributed by atoms with Crippen LogP contribution in [0, 0.1) is 5.41 Å². The van der Waals surface area contributed by atoms with Gasteiger partial charge in [0.2, 0.25) is 0 Å². The van der Waals surface area contributed by atoms with E-state index >= 15 is 0 Å². The van der Waals surface area contributed by atoms with Gasteiger partial charge in [-0.15, -0.1) is 0 Å². The second-order valence-electron chi connectivity index (χ2n) is 7.91. The van der Waals surface area contributed by atoms with Gasteiger partial charge in [0.15, 0.2) is 0 Å². The summed E-state index contributed by atoms with van der Waals surface area (Å²) in [7, 11) is 0. The van der Waals surface area contributed by atoms with E-state index in [0.717, 1.165) is 57.6 Å². The molecule has 0 heterocycles. The molecule has 0 saturated heterocycles. The Morgan fingerprint density at radius 1 is 1.00 bits per heavy atom. The second kappa shape index (κ2) is 13.2. The molecule has 1 aliphatic carbocycles. The summed E-state index contributed by atoms with van der Waals surface area (Å²) in [6.07, 6.45) is 6.83. The largest absolute Gasteiger partial charge is 0.371 e. The average Bonchev–Trinajstić information content (AvgIpc) is 2.80. The van der Waals surface area contributed by atoms with E-state index in [1.165, 1.54) is 40.4 Å². The Balaban J connectivity index is 0.00000155. The Labute approximate surface area is 184 Å². The maximum absolute atomic E-state index is 8.14. The van der Waals surface area contributed by atoms with Crippen LogP contribution in [0.4, 0.5) is 5.69 Å². The topological polar surface area (TPSA) is 39.1 Å². The van der Waals surface area contributed by atoms with Gasteiger partial charge in [0.1, 0.15) is 0 Å². The van der Waals surface area contributed by atoms with E-state index in [4.69, 9.17) is 5.41 Å². The Hall–Kier alpha value is -2.13. The van der Waals surface area contributed by atoms with Crippen molar-refractivity contribution in [3.8, 4) is 0 Å². The molecule has 1 fully saturated rings. The van der Waals surface area contributed by atoms with E-state index in [1.807, 2.05) is 13.8 Å². The fourth-order valence-electron chi connectivity index (χ4n) is 4.19. The van der Waals surface area contributed by atoms with Gasteiger partial charge in [-0.25, -0.2) is 0 Å². The molecule has 1 aliphatic rings.